The molecule has 4 atom stereocenters. The molecule has 45 heavy (non-hydrogen) atoms. The van der Waals surface area contributed by atoms with Gasteiger partial charge in [-0.1, -0.05) is 97.1 Å². The summed E-state index contributed by atoms with van der Waals surface area (Å²) in [6, 6.07) is 36.1. The summed E-state index contributed by atoms with van der Waals surface area (Å²) in [5.41, 5.74) is 7.02. The van der Waals surface area contributed by atoms with E-state index in [-0.39, 0.29) is 0 Å². The topological polar surface area (TPSA) is 21.1 Å². The second kappa shape index (κ2) is 9.65. The average molecular weight is 596 g/mol. The number of thiophene rings is 1. The van der Waals surface area contributed by atoms with Crippen LogP contribution in [0, 0.1) is 11.8 Å². The second-order valence-electron chi connectivity index (χ2n) is 12.3. The fourth-order valence-electron chi connectivity index (χ4n) is 8.14. The van der Waals surface area contributed by atoms with Crippen LogP contribution in [-0.4, -0.2) is 21.6 Å². The van der Waals surface area contributed by atoms with Crippen LogP contribution < -0.4 is 4.90 Å². The van der Waals surface area contributed by atoms with Crippen molar-refractivity contribution in [2.75, 3.05) is 4.90 Å². The molecule has 214 valence electrons. The first-order chi connectivity index (χ1) is 22.3. The van der Waals surface area contributed by atoms with Crippen LogP contribution in [0.1, 0.15) is 0 Å². The zero-order valence-corrected chi connectivity index (χ0v) is 25.3. The predicted octanol–water partition coefficient (Wildman–Crippen LogP) is 10.3. The number of pyridine rings is 1. The lowest BCUT2D eigenvalue weighted by molar-refractivity contribution is 0.527. The highest BCUT2D eigenvalue weighted by atomic mass is 32.1. The molecule has 2 aliphatic carbocycles. The standard InChI is InChI=1S/C41H29N3S/c1-2-11-26(12-3-1)44-37-22-21-30-33-25-27(43-35-18-6-4-13-28(35)29-14-5-7-19-36(29)43)20-23-38(33)45-41(30)39(37)32-16-10-15-31(40(32)44)34-17-8-9-24-42-34/h1-25,28-29,35-36H. The van der Waals surface area contributed by atoms with E-state index < -0.39 is 0 Å². The molecule has 4 unspecified atom stereocenters. The number of aromatic nitrogens is 2. The van der Waals surface area contributed by atoms with E-state index in [4.69, 9.17) is 4.98 Å². The minimum Gasteiger partial charge on any atom is -0.357 e. The minimum atomic E-state index is 0.361. The monoisotopic (exact) mass is 595 g/mol. The van der Waals surface area contributed by atoms with E-state index in [1.807, 2.05) is 23.6 Å². The Morgan fingerprint density at radius 2 is 1.38 bits per heavy atom. The number of para-hydroxylation sites is 2. The maximum atomic E-state index is 4.77. The van der Waals surface area contributed by atoms with E-state index >= 15 is 0 Å². The van der Waals surface area contributed by atoms with Gasteiger partial charge in [0.15, 0.2) is 0 Å². The summed E-state index contributed by atoms with van der Waals surface area (Å²) in [4.78, 5) is 7.42. The van der Waals surface area contributed by atoms with Crippen LogP contribution >= 0.6 is 11.3 Å². The van der Waals surface area contributed by atoms with Gasteiger partial charge in [0, 0.05) is 65.9 Å². The first kappa shape index (κ1) is 25.2. The van der Waals surface area contributed by atoms with Gasteiger partial charge in [-0.25, -0.2) is 0 Å². The Balaban J connectivity index is 1.23. The molecule has 4 heteroatoms. The Hall–Kier alpha value is -5.19. The largest absolute Gasteiger partial charge is 0.357 e. The lowest BCUT2D eigenvalue weighted by atomic mass is 9.83. The number of hydrogen-bond donors (Lipinski definition) is 0. The molecule has 3 aromatic heterocycles. The van der Waals surface area contributed by atoms with Gasteiger partial charge in [0.25, 0.3) is 0 Å². The molecule has 4 heterocycles. The smallest absolute Gasteiger partial charge is 0.0723 e. The first-order valence-corrected chi connectivity index (χ1v) is 16.5. The van der Waals surface area contributed by atoms with Crippen molar-refractivity contribution in [2.24, 2.45) is 11.8 Å². The van der Waals surface area contributed by atoms with Crippen molar-refractivity contribution in [1.29, 1.82) is 0 Å². The molecule has 1 aliphatic heterocycles. The summed E-state index contributed by atoms with van der Waals surface area (Å²) >= 11 is 1.92. The fraction of sp³-hybridized carbons (Fsp3) is 0.0976. The Kier molecular flexibility index (Phi) is 5.40. The van der Waals surface area contributed by atoms with Gasteiger partial charge < -0.3 is 9.47 Å². The number of fused-ring (bicyclic) bond motifs is 10. The van der Waals surface area contributed by atoms with Gasteiger partial charge in [-0.3, -0.25) is 4.98 Å². The number of rotatable bonds is 3. The van der Waals surface area contributed by atoms with Crippen LogP contribution in [0.5, 0.6) is 0 Å². The summed E-state index contributed by atoms with van der Waals surface area (Å²) in [5, 5.41) is 5.23. The molecule has 4 aromatic carbocycles. The van der Waals surface area contributed by atoms with Crippen molar-refractivity contribution in [2.45, 2.75) is 12.1 Å². The van der Waals surface area contributed by atoms with E-state index in [1.54, 1.807) is 0 Å². The molecule has 0 bridgehead atoms. The van der Waals surface area contributed by atoms with Gasteiger partial charge in [-0.2, -0.15) is 0 Å². The molecule has 0 spiro atoms. The SMILES string of the molecule is C1=CC2C3C=CC=CC3N(c3ccc4sc5c(ccc6c5c5cccc(-c7ccccn7)c5n6-c5ccccc5)c4c3)C2C=C1. The van der Waals surface area contributed by atoms with Crippen LogP contribution in [0.15, 0.2) is 152 Å². The first-order valence-electron chi connectivity index (χ1n) is 15.7. The molecular weight excluding hydrogens is 567 g/mol. The zero-order chi connectivity index (χ0) is 29.5. The molecule has 0 radical (unpaired) electrons. The van der Waals surface area contributed by atoms with Crippen molar-refractivity contribution in [3.05, 3.63) is 152 Å². The number of nitrogens with zero attached hydrogens (tertiary/aromatic N) is 3. The molecule has 0 amide bonds. The van der Waals surface area contributed by atoms with Crippen LogP contribution in [0.4, 0.5) is 5.69 Å². The van der Waals surface area contributed by atoms with Crippen molar-refractivity contribution >= 4 is 59.0 Å². The fourth-order valence-corrected chi connectivity index (χ4v) is 9.38. The summed E-state index contributed by atoms with van der Waals surface area (Å²) < 4.78 is 5.10. The highest BCUT2D eigenvalue weighted by Crippen LogP contribution is 2.48. The second-order valence-corrected chi connectivity index (χ2v) is 13.3. The maximum absolute atomic E-state index is 4.77. The Morgan fingerprint density at radius 1 is 0.600 bits per heavy atom. The van der Waals surface area contributed by atoms with Crippen LogP contribution in [0.25, 0.3) is 58.9 Å². The van der Waals surface area contributed by atoms with Crippen molar-refractivity contribution in [3.8, 4) is 16.9 Å². The Morgan fingerprint density at radius 3 is 2.16 bits per heavy atom. The van der Waals surface area contributed by atoms with E-state index in [2.05, 4.69) is 149 Å². The van der Waals surface area contributed by atoms with Crippen LogP contribution in [-0.2, 0) is 0 Å². The predicted molar refractivity (Wildman–Crippen MR) is 190 cm³/mol. The molecule has 1 fully saturated rings. The third-order valence-electron chi connectivity index (χ3n) is 10.0. The van der Waals surface area contributed by atoms with Gasteiger partial charge in [0.2, 0.25) is 0 Å². The van der Waals surface area contributed by atoms with Gasteiger partial charge in [0.1, 0.15) is 0 Å². The lowest BCUT2D eigenvalue weighted by Gasteiger charge is -2.32. The number of anilines is 1. The molecular formula is C41H29N3S. The van der Waals surface area contributed by atoms with E-state index in [0.717, 1.165) is 16.9 Å². The molecule has 3 nitrogen and oxygen atoms in total. The van der Waals surface area contributed by atoms with Crippen molar-refractivity contribution < 1.29 is 0 Å². The highest BCUT2D eigenvalue weighted by Gasteiger charge is 2.45. The summed E-state index contributed by atoms with van der Waals surface area (Å²) in [6.45, 7) is 0. The van der Waals surface area contributed by atoms with Crippen LogP contribution in [0.3, 0.4) is 0 Å². The third-order valence-corrected chi connectivity index (χ3v) is 11.2. The quantitative estimate of drug-likeness (QED) is 0.203. The molecule has 7 aromatic rings. The maximum Gasteiger partial charge on any atom is 0.0723 e. The number of benzene rings is 4. The highest BCUT2D eigenvalue weighted by molar-refractivity contribution is 7.26. The van der Waals surface area contributed by atoms with Crippen molar-refractivity contribution in [1.82, 2.24) is 9.55 Å². The van der Waals surface area contributed by atoms with E-state index in [0.29, 0.717) is 23.9 Å². The summed E-state index contributed by atoms with van der Waals surface area (Å²) in [7, 11) is 0. The summed E-state index contributed by atoms with van der Waals surface area (Å²) in [5.74, 6) is 0.987. The molecule has 3 aliphatic rings. The lowest BCUT2D eigenvalue weighted by Crippen LogP contribution is -2.36. The van der Waals surface area contributed by atoms with Gasteiger partial charge >= 0.3 is 0 Å². The van der Waals surface area contributed by atoms with Gasteiger partial charge in [-0.05, 0) is 48.5 Å². The molecule has 0 saturated carbocycles. The molecule has 1 saturated heterocycles. The van der Waals surface area contributed by atoms with Crippen molar-refractivity contribution in [3.63, 3.8) is 0 Å². The van der Waals surface area contributed by atoms with Gasteiger partial charge in [0.05, 0.1) is 28.8 Å². The normalized spacial score (nSPS) is 21.8. The molecule has 0 N–H and O–H groups in total. The number of allylic oxidation sites excluding steroid dienone is 4. The zero-order valence-electron chi connectivity index (χ0n) is 24.5. The van der Waals surface area contributed by atoms with E-state index in [1.165, 1.54) is 47.7 Å². The third kappa shape index (κ3) is 3.60. The Labute approximate surface area is 265 Å². The average Bonchev–Trinajstić information content (AvgIpc) is 3.76. The van der Waals surface area contributed by atoms with E-state index in [9.17, 15) is 0 Å². The van der Waals surface area contributed by atoms with Gasteiger partial charge in [-0.15, -0.1) is 11.3 Å². The molecule has 10 rings (SSSR count). The minimum absolute atomic E-state index is 0.361. The summed E-state index contributed by atoms with van der Waals surface area (Å²) in [6.07, 6.45) is 20.4. The number of hydrogen-bond acceptors (Lipinski definition) is 3. The van der Waals surface area contributed by atoms with Crippen LogP contribution in [0.2, 0.25) is 0 Å². The Bertz CT molecular complexity index is 2370.